The van der Waals surface area contributed by atoms with Crippen LogP contribution in [0.4, 0.5) is 4.79 Å². The lowest BCUT2D eigenvalue weighted by Gasteiger charge is -2.24. The van der Waals surface area contributed by atoms with E-state index in [-0.39, 0.29) is 12.2 Å². The maximum Gasteiger partial charge on any atom is 0.410 e. The first-order chi connectivity index (χ1) is 12.1. The molecule has 0 aromatic carbocycles. The first-order valence-corrected chi connectivity index (χ1v) is 9.04. The summed E-state index contributed by atoms with van der Waals surface area (Å²) in [6.07, 6.45) is 0.425. The summed E-state index contributed by atoms with van der Waals surface area (Å²) in [6.45, 7) is 14.7. The summed E-state index contributed by atoms with van der Waals surface area (Å²) < 4.78 is 13.7. The van der Waals surface area contributed by atoms with Gasteiger partial charge >= 0.3 is 6.09 Å². The monoisotopic (exact) mass is 360 g/mol. The Hall–Kier alpha value is -2.31. The zero-order chi connectivity index (χ0) is 19.2. The number of carbonyl (C=O) groups excluding carboxylic acids is 1. The molecule has 1 saturated heterocycles. The zero-order valence-electron chi connectivity index (χ0n) is 16.7. The quantitative estimate of drug-likeness (QED) is 0.821. The van der Waals surface area contributed by atoms with Gasteiger partial charge < -0.3 is 14.4 Å². The van der Waals surface area contributed by atoms with Crippen molar-refractivity contribution < 1.29 is 14.3 Å². The Labute approximate surface area is 154 Å². The molecule has 1 atom stereocenters. The molecule has 0 N–H and O–H groups in total. The summed E-state index contributed by atoms with van der Waals surface area (Å²) in [6, 6.07) is 0. The summed E-state index contributed by atoms with van der Waals surface area (Å²) >= 11 is 0. The molecule has 0 aliphatic carbocycles. The van der Waals surface area contributed by atoms with Crippen LogP contribution in [0.1, 0.15) is 50.0 Å². The second-order valence-electron chi connectivity index (χ2n) is 7.98. The van der Waals surface area contributed by atoms with E-state index in [1.54, 1.807) is 4.90 Å². The maximum absolute atomic E-state index is 12.2. The number of rotatable bonds is 2. The average Bonchev–Trinajstić information content (AvgIpc) is 3.08. The van der Waals surface area contributed by atoms with Gasteiger partial charge in [-0.15, -0.1) is 0 Å². The fourth-order valence-corrected chi connectivity index (χ4v) is 3.29. The standard InChI is InChI=1S/C19H28N4O3/c1-11-13(3)23-14(4)16(12(2)21-17(23)20-11)25-15-8-9-22(10-15)18(24)26-19(5,6)7/h15H,8-10H2,1-7H3/t15-/m1/s1. The predicted molar refractivity (Wildman–Crippen MR) is 98.8 cm³/mol. The van der Waals surface area contributed by atoms with Gasteiger partial charge in [-0.3, -0.25) is 4.40 Å². The van der Waals surface area contributed by atoms with Crippen molar-refractivity contribution in [2.75, 3.05) is 13.1 Å². The lowest BCUT2D eigenvalue weighted by atomic mass is 10.2. The van der Waals surface area contributed by atoms with Gasteiger partial charge in [0.1, 0.15) is 11.7 Å². The summed E-state index contributed by atoms with van der Waals surface area (Å²) in [5.41, 5.74) is 3.34. The van der Waals surface area contributed by atoms with E-state index in [0.29, 0.717) is 18.9 Å². The maximum atomic E-state index is 12.2. The first-order valence-electron chi connectivity index (χ1n) is 9.04. The predicted octanol–water partition coefficient (Wildman–Crippen LogP) is 3.35. The molecule has 7 heteroatoms. The molecule has 26 heavy (non-hydrogen) atoms. The summed E-state index contributed by atoms with van der Waals surface area (Å²) in [4.78, 5) is 23.0. The largest absolute Gasteiger partial charge is 0.485 e. The van der Waals surface area contributed by atoms with Crippen LogP contribution in [0.2, 0.25) is 0 Å². The van der Waals surface area contributed by atoms with E-state index in [0.717, 1.165) is 34.9 Å². The van der Waals surface area contributed by atoms with E-state index in [4.69, 9.17) is 9.47 Å². The molecule has 3 rings (SSSR count). The van der Waals surface area contributed by atoms with E-state index >= 15 is 0 Å². The van der Waals surface area contributed by atoms with E-state index in [2.05, 4.69) is 9.97 Å². The number of aromatic nitrogens is 3. The molecule has 0 spiro atoms. The minimum atomic E-state index is -0.491. The molecule has 0 unspecified atom stereocenters. The number of carbonyl (C=O) groups is 1. The highest BCUT2D eigenvalue weighted by molar-refractivity contribution is 5.68. The highest BCUT2D eigenvalue weighted by Crippen LogP contribution is 2.28. The van der Waals surface area contributed by atoms with Crippen molar-refractivity contribution in [3.8, 4) is 5.75 Å². The van der Waals surface area contributed by atoms with Gasteiger partial charge in [-0.1, -0.05) is 0 Å². The van der Waals surface area contributed by atoms with Gasteiger partial charge in [0.2, 0.25) is 5.78 Å². The Bertz CT molecular complexity index is 851. The van der Waals surface area contributed by atoms with Crippen LogP contribution in [0.15, 0.2) is 0 Å². The molecule has 7 nitrogen and oxygen atoms in total. The van der Waals surface area contributed by atoms with E-state index in [1.165, 1.54) is 0 Å². The summed E-state index contributed by atoms with van der Waals surface area (Å²) in [7, 11) is 0. The molecule has 0 saturated carbocycles. The Morgan fingerprint density at radius 3 is 2.38 bits per heavy atom. The Kier molecular flexibility index (Phi) is 4.58. The molecule has 1 amide bonds. The number of imidazole rings is 1. The third-order valence-electron chi connectivity index (χ3n) is 4.67. The topological polar surface area (TPSA) is 69.0 Å². The van der Waals surface area contributed by atoms with E-state index < -0.39 is 5.60 Å². The Morgan fingerprint density at radius 2 is 1.73 bits per heavy atom. The van der Waals surface area contributed by atoms with Crippen LogP contribution < -0.4 is 4.74 Å². The van der Waals surface area contributed by atoms with Crippen LogP contribution >= 0.6 is 0 Å². The van der Waals surface area contributed by atoms with Crippen LogP contribution in [0.3, 0.4) is 0 Å². The molecule has 1 aliphatic heterocycles. The van der Waals surface area contributed by atoms with E-state index in [1.807, 2.05) is 52.9 Å². The Balaban J connectivity index is 1.78. The smallest absolute Gasteiger partial charge is 0.410 e. The SMILES string of the molecule is Cc1nc2nc(C)c(C)n2c(C)c1O[C@@H]1CCN(C(=O)OC(C)(C)C)C1. The second-order valence-corrected chi connectivity index (χ2v) is 7.98. The van der Waals surface area contributed by atoms with Gasteiger partial charge in [-0.25, -0.2) is 14.8 Å². The summed E-state index contributed by atoms with van der Waals surface area (Å²) in [5, 5.41) is 0. The number of ether oxygens (including phenoxy) is 2. The molecular formula is C19H28N4O3. The molecule has 0 bridgehead atoms. The van der Waals surface area contributed by atoms with Crippen molar-refractivity contribution in [2.45, 2.75) is 66.6 Å². The van der Waals surface area contributed by atoms with Gasteiger partial charge in [-0.2, -0.15) is 0 Å². The van der Waals surface area contributed by atoms with Gasteiger partial charge in [0.15, 0.2) is 5.75 Å². The minimum absolute atomic E-state index is 0.0657. The molecule has 1 aliphatic rings. The highest BCUT2D eigenvalue weighted by atomic mass is 16.6. The van der Waals surface area contributed by atoms with Crippen LogP contribution in [-0.4, -0.2) is 50.2 Å². The Morgan fingerprint density at radius 1 is 1.08 bits per heavy atom. The number of fused-ring (bicyclic) bond motifs is 1. The van der Waals surface area contributed by atoms with Crippen molar-refractivity contribution >= 4 is 11.9 Å². The number of hydrogen-bond acceptors (Lipinski definition) is 5. The molecule has 1 fully saturated rings. The van der Waals surface area contributed by atoms with Crippen molar-refractivity contribution in [1.29, 1.82) is 0 Å². The fourth-order valence-electron chi connectivity index (χ4n) is 3.29. The number of likely N-dealkylation sites (tertiary alicyclic amines) is 1. The molecule has 0 radical (unpaired) electrons. The van der Waals surface area contributed by atoms with E-state index in [9.17, 15) is 4.79 Å². The van der Waals surface area contributed by atoms with Crippen LogP contribution in [0, 0.1) is 27.7 Å². The van der Waals surface area contributed by atoms with Crippen LogP contribution in [0.25, 0.3) is 5.78 Å². The molecule has 142 valence electrons. The average molecular weight is 360 g/mol. The molecular weight excluding hydrogens is 332 g/mol. The first kappa shape index (κ1) is 18.5. The second kappa shape index (κ2) is 6.45. The molecule has 2 aromatic heterocycles. The van der Waals surface area contributed by atoms with Crippen molar-refractivity contribution in [2.24, 2.45) is 0 Å². The molecule has 3 heterocycles. The fraction of sp³-hybridized carbons (Fsp3) is 0.632. The lowest BCUT2D eigenvalue weighted by Crippen LogP contribution is -2.36. The van der Waals surface area contributed by atoms with Gasteiger partial charge in [0, 0.05) is 18.7 Å². The summed E-state index contributed by atoms with van der Waals surface area (Å²) in [5.74, 6) is 1.47. The third-order valence-corrected chi connectivity index (χ3v) is 4.67. The number of aryl methyl sites for hydroxylation is 4. The normalized spacial score (nSPS) is 17.8. The van der Waals surface area contributed by atoms with Crippen molar-refractivity contribution in [3.05, 3.63) is 22.8 Å². The lowest BCUT2D eigenvalue weighted by molar-refractivity contribution is 0.0275. The van der Waals surface area contributed by atoms with Crippen LogP contribution in [-0.2, 0) is 4.74 Å². The number of nitrogens with zero attached hydrogens (tertiary/aromatic N) is 4. The zero-order valence-corrected chi connectivity index (χ0v) is 16.7. The number of hydrogen-bond donors (Lipinski definition) is 0. The van der Waals surface area contributed by atoms with Gasteiger partial charge in [0.25, 0.3) is 0 Å². The van der Waals surface area contributed by atoms with Crippen molar-refractivity contribution in [3.63, 3.8) is 0 Å². The van der Waals surface area contributed by atoms with Crippen LogP contribution in [0.5, 0.6) is 5.75 Å². The molecule has 2 aromatic rings. The third kappa shape index (κ3) is 3.48. The van der Waals surface area contributed by atoms with Gasteiger partial charge in [0.05, 0.1) is 23.6 Å². The number of amides is 1. The van der Waals surface area contributed by atoms with Gasteiger partial charge in [-0.05, 0) is 48.5 Å². The minimum Gasteiger partial charge on any atom is -0.485 e. The highest BCUT2D eigenvalue weighted by Gasteiger charge is 2.31. The van der Waals surface area contributed by atoms with Crippen molar-refractivity contribution in [1.82, 2.24) is 19.3 Å².